The van der Waals surface area contributed by atoms with Crippen molar-refractivity contribution in [3.05, 3.63) is 21.3 Å². The van der Waals surface area contributed by atoms with Gasteiger partial charge in [0.25, 0.3) is 15.5 Å². The van der Waals surface area contributed by atoms with E-state index >= 15 is 0 Å². The van der Waals surface area contributed by atoms with E-state index in [1.165, 1.54) is 22.6 Å². The van der Waals surface area contributed by atoms with Crippen molar-refractivity contribution in [2.75, 3.05) is 0 Å². The first-order valence-corrected chi connectivity index (χ1v) is 6.71. The quantitative estimate of drug-likeness (QED) is 0.456. The smallest absolute Gasteiger partial charge is 0.238 e. The van der Waals surface area contributed by atoms with Gasteiger partial charge in [0.15, 0.2) is 5.82 Å². The second-order valence-electron chi connectivity index (χ2n) is 2.38. The van der Waals surface area contributed by atoms with E-state index in [0.717, 1.165) is 6.07 Å². The van der Waals surface area contributed by atoms with Gasteiger partial charge in [-0.05, 0) is 28.7 Å². The molecule has 0 saturated carbocycles. The lowest BCUT2D eigenvalue weighted by Gasteiger charge is -2.05. The van der Waals surface area contributed by atoms with E-state index in [0.29, 0.717) is 0 Å². The van der Waals surface area contributed by atoms with Crippen LogP contribution < -0.4 is 0 Å². The molecule has 0 unspecified atom stereocenters. The van der Waals surface area contributed by atoms with Gasteiger partial charge in [0.2, 0.25) is 0 Å². The fourth-order valence-corrected chi connectivity index (χ4v) is 2.51. The van der Waals surface area contributed by atoms with Crippen LogP contribution in [0.4, 0.5) is 13.2 Å². The van der Waals surface area contributed by atoms with E-state index in [4.69, 9.17) is 10.7 Å². The third-order valence-electron chi connectivity index (χ3n) is 1.39. The van der Waals surface area contributed by atoms with Crippen LogP contribution in [0.15, 0.2) is 11.0 Å². The molecule has 0 fully saturated rings. The molecule has 0 aliphatic carbocycles. The number of rotatable bonds is 2. The predicted molar refractivity (Wildman–Crippen MR) is 54.9 cm³/mol. The highest BCUT2D eigenvalue weighted by molar-refractivity contribution is 14.1. The lowest BCUT2D eigenvalue weighted by molar-refractivity contribution is 0.139. The third kappa shape index (κ3) is 2.94. The van der Waals surface area contributed by atoms with Crippen LogP contribution in [0.2, 0.25) is 0 Å². The number of hydrogen-bond acceptors (Lipinski definition) is 3. The fourth-order valence-electron chi connectivity index (χ4n) is 0.816. The molecule has 0 bridgehead atoms. The topological polar surface area (TPSA) is 47.0 Å². The van der Waals surface area contributed by atoms with E-state index in [2.05, 4.69) is 4.98 Å². The predicted octanol–water partition coefficient (Wildman–Crippen LogP) is 2.69. The Hall–Kier alpha value is -0.0900. The van der Waals surface area contributed by atoms with Gasteiger partial charge in [-0.15, -0.1) is 0 Å². The average Bonchev–Trinajstić information content (AvgIpc) is 2.06. The molecule has 0 atom stereocenters. The molecule has 0 N–H and O–H groups in total. The maximum absolute atomic E-state index is 13.2. The van der Waals surface area contributed by atoms with Crippen LogP contribution >= 0.6 is 33.3 Å². The molecule has 15 heavy (non-hydrogen) atoms. The van der Waals surface area contributed by atoms with Gasteiger partial charge in [-0.2, -0.15) is 0 Å². The van der Waals surface area contributed by atoms with E-state index in [-0.39, 0.29) is 3.70 Å². The van der Waals surface area contributed by atoms with Crippen LogP contribution in [-0.2, 0) is 9.05 Å². The number of pyridine rings is 1. The molecule has 1 heterocycles. The third-order valence-corrected chi connectivity index (χ3v) is 3.26. The molecule has 0 saturated heterocycles. The van der Waals surface area contributed by atoms with Gasteiger partial charge in [-0.3, -0.25) is 0 Å². The first-order chi connectivity index (χ1) is 6.73. The molecule has 0 aliphatic heterocycles. The van der Waals surface area contributed by atoms with E-state index in [1.54, 1.807) is 0 Å². The Balaban J connectivity index is 3.56. The number of hydrogen-bond donors (Lipinski definition) is 0. The molecular weight excluding hydrogens is 369 g/mol. The Labute approximate surface area is 101 Å². The molecule has 84 valence electrons. The van der Waals surface area contributed by atoms with E-state index in [1.807, 2.05) is 0 Å². The summed E-state index contributed by atoms with van der Waals surface area (Å²) in [5, 5.41) is 0. The van der Waals surface area contributed by atoms with Crippen molar-refractivity contribution in [2.24, 2.45) is 0 Å². The second kappa shape index (κ2) is 4.42. The molecule has 0 spiro atoms. The van der Waals surface area contributed by atoms with Crippen LogP contribution in [-0.4, -0.2) is 13.4 Å². The highest BCUT2D eigenvalue weighted by Gasteiger charge is 2.25. The van der Waals surface area contributed by atoms with Crippen molar-refractivity contribution in [1.82, 2.24) is 4.98 Å². The van der Waals surface area contributed by atoms with Crippen molar-refractivity contribution >= 4 is 42.3 Å². The van der Waals surface area contributed by atoms with Gasteiger partial charge < -0.3 is 0 Å². The minimum atomic E-state index is -4.39. The summed E-state index contributed by atoms with van der Waals surface area (Å²) in [6.45, 7) is 0. The Morgan fingerprint density at radius 2 is 2.00 bits per heavy atom. The Bertz CT molecular complexity index is 493. The minimum Gasteiger partial charge on any atom is -0.238 e. The molecule has 0 radical (unpaired) electrons. The summed E-state index contributed by atoms with van der Waals surface area (Å²) in [6.07, 6.45) is -3.20. The minimum absolute atomic E-state index is 0.0801. The molecule has 3 nitrogen and oxygen atoms in total. The molecule has 1 aromatic rings. The summed E-state index contributed by atoms with van der Waals surface area (Å²) < 4.78 is 59.2. The lowest BCUT2D eigenvalue weighted by Crippen LogP contribution is -2.05. The Morgan fingerprint density at radius 3 is 2.40 bits per heavy atom. The summed E-state index contributed by atoms with van der Waals surface area (Å²) in [5.41, 5.74) is -1.22. The molecule has 1 rings (SSSR count). The van der Waals surface area contributed by atoms with Crippen molar-refractivity contribution in [1.29, 1.82) is 0 Å². The fraction of sp³-hybridized carbons (Fsp3) is 0.167. The van der Waals surface area contributed by atoms with Crippen LogP contribution in [0.1, 0.15) is 12.1 Å². The summed E-state index contributed by atoms with van der Waals surface area (Å²) in [7, 11) is 0.476. The molecule has 9 heteroatoms. The van der Waals surface area contributed by atoms with Crippen molar-refractivity contribution < 1.29 is 21.6 Å². The van der Waals surface area contributed by atoms with Gasteiger partial charge in [0, 0.05) is 10.7 Å². The largest absolute Gasteiger partial charge is 0.283 e. The zero-order valence-electron chi connectivity index (χ0n) is 6.72. The second-order valence-corrected chi connectivity index (χ2v) is 6.02. The van der Waals surface area contributed by atoms with E-state index in [9.17, 15) is 21.6 Å². The summed E-state index contributed by atoms with van der Waals surface area (Å²) in [6, 6.07) is 0.782. The zero-order chi connectivity index (χ0) is 11.8. The zero-order valence-corrected chi connectivity index (χ0v) is 10.4. The average molecular weight is 372 g/mol. The van der Waals surface area contributed by atoms with Gasteiger partial charge in [-0.25, -0.2) is 26.6 Å². The summed E-state index contributed by atoms with van der Waals surface area (Å²) in [5.74, 6) is -1.61. The van der Waals surface area contributed by atoms with Gasteiger partial charge in [0.1, 0.15) is 14.3 Å². The van der Waals surface area contributed by atoms with E-state index < -0.39 is 31.9 Å². The maximum atomic E-state index is 13.2. The Morgan fingerprint density at radius 1 is 1.47 bits per heavy atom. The number of halogens is 5. The normalized spacial score (nSPS) is 12.1. The summed E-state index contributed by atoms with van der Waals surface area (Å²) >= 11 is 1.49. The van der Waals surface area contributed by atoms with Crippen molar-refractivity contribution in [3.63, 3.8) is 0 Å². The molecule has 0 aliphatic rings. The van der Waals surface area contributed by atoms with Crippen molar-refractivity contribution in [2.45, 2.75) is 11.3 Å². The number of aromatic nitrogens is 1. The van der Waals surface area contributed by atoms with Crippen LogP contribution in [0.5, 0.6) is 0 Å². The number of nitrogens with zero attached hydrogens (tertiary/aromatic N) is 1. The highest BCUT2D eigenvalue weighted by Crippen LogP contribution is 2.27. The summed E-state index contributed by atoms with van der Waals surface area (Å²) in [4.78, 5) is 2.20. The standard InChI is InChI=1S/C6H2ClF3INO2S/c7-15(13,14)2-1-3(11)12-5(4(2)8)6(9)10/h1,6H. The molecule has 0 amide bonds. The van der Waals surface area contributed by atoms with Gasteiger partial charge >= 0.3 is 0 Å². The monoisotopic (exact) mass is 371 g/mol. The first kappa shape index (κ1) is 13.0. The highest BCUT2D eigenvalue weighted by atomic mass is 127. The maximum Gasteiger partial charge on any atom is 0.283 e. The van der Waals surface area contributed by atoms with Gasteiger partial charge in [-0.1, -0.05) is 0 Å². The van der Waals surface area contributed by atoms with Gasteiger partial charge in [0.05, 0.1) is 0 Å². The first-order valence-electron chi connectivity index (χ1n) is 3.32. The van der Waals surface area contributed by atoms with Crippen LogP contribution in [0, 0.1) is 9.52 Å². The SMILES string of the molecule is O=S(=O)(Cl)c1cc(I)nc(C(F)F)c1F. The molecule has 1 aromatic heterocycles. The molecule has 0 aromatic carbocycles. The lowest BCUT2D eigenvalue weighted by atomic mass is 10.3. The van der Waals surface area contributed by atoms with Crippen molar-refractivity contribution in [3.8, 4) is 0 Å². The molecular formula is C6H2ClF3INO2S. The van der Waals surface area contributed by atoms with Crippen LogP contribution in [0.3, 0.4) is 0 Å². The number of alkyl halides is 2. The van der Waals surface area contributed by atoms with Crippen LogP contribution in [0.25, 0.3) is 0 Å². The Kier molecular flexibility index (Phi) is 3.82.